The molecule has 2 saturated heterocycles. The summed E-state index contributed by atoms with van der Waals surface area (Å²) in [4.78, 5) is 5.35. The molecule has 2 atom stereocenters. The number of rotatable bonds is 6. The molecular weight excluding hydrogens is 246 g/mol. The zero-order valence-electron chi connectivity index (χ0n) is 14.1. The monoisotopic (exact) mass is 281 g/mol. The molecule has 0 radical (unpaired) electrons. The predicted octanol–water partition coefficient (Wildman–Crippen LogP) is 2.43. The van der Waals surface area contributed by atoms with E-state index >= 15 is 0 Å². The zero-order valence-corrected chi connectivity index (χ0v) is 14.1. The van der Waals surface area contributed by atoms with Crippen molar-refractivity contribution in [1.29, 1.82) is 0 Å². The van der Waals surface area contributed by atoms with Crippen LogP contribution in [0.25, 0.3) is 0 Å². The number of hydrogen-bond donors (Lipinski definition) is 1. The fraction of sp³-hybridized carbons (Fsp3) is 1.00. The van der Waals surface area contributed by atoms with E-state index in [0.717, 1.165) is 12.0 Å². The van der Waals surface area contributed by atoms with E-state index in [2.05, 4.69) is 42.8 Å². The van der Waals surface area contributed by atoms with E-state index < -0.39 is 0 Å². The van der Waals surface area contributed by atoms with Gasteiger partial charge in [0.15, 0.2) is 0 Å². The van der Waals surface area contributed by atoms with Crippen LogP contribution in [0.1, 0.15) is 47.0 Å². The van der Waals surface area contributed by atoms with E-state index in [1.807, 2.05) is 0 Å². The van der Waals surface area contributed by atoms with E-state index in [1.165, 1.54) is 65.1 Å². The molecule has 2 heterocycles. The molecule has 2 fully saturated rings. The fourth-order valence-corrected chi connectivity index (χ4v) is 4.22. The molecule has 2 rings (SSSR count). The first-order chi connectivity index (χ1) is 9.56. The van der Waals surface area contributed by atoms with Crippen molar-refractivity contribution in [3.05, 3.63) is 0 Å². The van der Waals surface area contributed by atoms with Gasteiger partial charge in [-0.3, -0.25) is 4.90 Å². The number of likely N-dealkylation sites (tertiary alicyclic amines) is 1. The normalized spacial score (nSPS) is 29.2. The van der Waals surface area contributed by atoms with Crippen LogP contribution in [-0.4, -0.2) is 61.7 Å². The zero-order chi connectivity index (χ0) is 14.6. The summed E-state index contributed by atoms with van der Waals surface area (Å²) in [5.74, 6) is 0.851. The molecule has 0 aliphatic carbocycles. The predicted molar refractivity (Wildman–Crippen MR) is 87.1 cm³/mol. The Hall–Kier alpha value is -0.120. The first-order valence-electron chi connectivity index (χ1n) is 8.74. The smallest absolute Gasteiger partial charge is 0.0235 e. The van der Waals surface area contributed by atoms with Crippen molar-refractivity contribution in [1.82, 2.24) is 15.1 Å². The van der Waals surface area contributed by atoms with Crippen molar-refractivity contribution in [2.24, 2.45) is 11.3 Å². The lowest BCUT2D eigenvalue weighted by atomic mass is 9.74. The average Bonchev–Trinajstić information content (AvgIpc) is 2.89. The largest absolute Gasteiger partial charge is 0.316 e. The number of likely N-dealkylation sites (N-methyl/N-ethyl adjacent to an activating group) is 1. The van der Waals surface area contributed by atoms with Gasteiger partial charge < -0.3 is 10.2 Å². The van der Waals surface area contributed by atoms with Crippen LogP contribution in [0.4, 0.5) is 0 Å². The molecule has 0 aromatic heterocycles. The van der Waals surface area contributed by atoms with Crippen molar-refractivity contribution in [2.75, 3.05) is 45.8 Å². The lowest BCUT2D eigenvalue weighted by Gasteiger charge is -2.40. The number of nitrogens with one attached hydrogen (secondary N) is 1. The maximum absolute atomic E-state index is 3.58. The summed E-state index contributed by atoms with van der Waals surface area (Å²) in [5.41, 5.74) is 0.450. The highest BCUT2D eigenvalue weighted by Crippen LogP contribution is 2.33. The molecule has 0 aromatic rings. The Morgan fingerprint density at radius 2 is 1.95 bits per heavy atom. The maximum atomic E-state index is 3.58. The third-order valence-electron chi connectivity index (χ3n) is 5.61. The van der Waals surface area contributed by atoms with Crippen LogP contribution in [0.3, 0.4) is 0 Å². The Kier molecular flexibility index (Phi) is 5.88. The summed E-state index contributed by atoms with van der Waals surface area (Å²) in [6.45, 7) is 18.3. The molecule has 0 amide bonds. The van der Waals surface area contributed by atoms with Crippen LogP contribution in [0.2, 0.25) is 0 Å². The highest BCUT2D eigenvalue weighted by atomic mass is 15.2. The Labute approximate surface area is 126 Å². The molecule has 1 N–H and O–H groups in total. The quantitative estimate of drug-likeness (QED) is 0.807. The SMILES string of the molecule is CCN(CC)C1CCN(CC(C)(C)C2CCCNC2)C1. The van der Waals surface area contributed by atoms with Crippen LogP contribution in [-0.2, 0) is 0 Å². The van der Waals surface area contributed by atoms with Crippen LogP contribution in [0, 0.1) is 11.3 Å². The fourth-order valence-electron chi connectivity index (χ4n) is 4.22. The lowest BCUT2D eigenvalue weighted by Crippen LogP contribution is -2.45. The van der Waals surface area contributed by atoms with Gasteiger partial charge >= 0.3 is 0 Å². The Bertz CT molecular complexity index is 280. The van der Waals surface area contributed by atoms with Crippen LogP contribution in [0.5, 0.6) is 0 Å². The van der Waals surface area contributed by atoms with Crippen molar-refractivity contribution in [3.63, 3.8) is 0 Å². The second-order valence-electron chi connectivity index (χ2n) is 7.43. The van der Waals surface area contributed by atoms with Crippen molar-refractivity contribution in [2.45, 2.75) is 53.0 Å². The van der Waals surface area contributed by atoms with Crippen molar-refractivity contribution in [3.8, 4) is 0 Å². The van der Waals surface area contributed by atoms with Crippen LogP contribution >= 0.6 is 0 Å². The molecule has 0 aromatic carbocycles. The molecule has 0 bridgehead atoms. The summed E-state index contributed by atoms with van der Waals surface area (Å²) >= 11 is 0. The third-order valence-corrected chi connectivity index (χ3v) is 5.61. The van der Waals surface area contributed by atoms with Gasteiger partial charge in [-0.05, 0) is 63.3 Å². The van der Waals surface area contributed by atoms with E-state index in [0.29, 0.717) is 5.41 Å². The Morgan fingerprint density at radius 1 is 1.20 bits per heavy atom. The van der Waals surface area contributed by atoms with Gasteiger partial charge in [0.05, 0.1) is 0 Å². The molecule has 0 saturated carbocycles. The van der Waals surface area contributed by atoms with Crippen molar-refractivity contribution >= 4 is 0 Å². The molecule has 0 spiro atoms. The van der Waals surface area contributed by atoms with Gasteiger partial charge in [-0.1, -0.05) is 27.7 Å². The second kappa shape index (κ2) is 7.24. The topological polar surface area (TPSA) is 18.5 Å². The van der Waals surface area contributed by atoms with Crippen molar-refractivity contribution < 1.29 is 0 Å². The minimum Gasteiger partial charge on any atom is -0.316 e. The number of nitrogens with zero attached hydrogens (tertiary/aromatic N) is 2. The summed E-state index contributed by atoms with van der Waals surface area (Å²) in [7, 11) is 0. The van der Waals surface area contributed by atoms with Gasteiger partial charge in [0.1, 0.15) is 0 Å². The Balaban J connectivity index is 1.84. The maximum Gasteiger partial charge on any atom is 0.0235 e. The molecule has 118 valence electrons. The first kappa shape index (κ1) is 16.3. The molecule has 20 heavy (non-hydrogen) atoms. The lowest BCUT2D eigenvalue weighted by molar-refractivity contribution is 0.107. The van der Waals surface area contributed by atoms with Gasteiger partial charge in [-0.2, -0.15) is 0 Å². The van der Waals surface area contributed by atoms with E-state index in [-0.39, 0.29) is 0 Å². The molecule has 2 unspecified atom stereocenters. The average molecular weight is 281 g/mol. The standard InChI is InChI=1S/C17H35N3/c1-5-20(6-2)16-9-11-19(13-16)14-17(3,4)15-8-7-10-18-12-15/h15-16,18H,5-14H2,1-4H3. The summed E-state index contributed by atoms with van der Waals surface area (Å²) < 4.78 is 0. The summed E-state index contributed by atoms with van der Waals surface area (Å²) in [6, 6.07) is 0.797. The van der Waals surface area contributed by atoms with Gasteiger partial charge in [0.2, 0.25) is 0 Å². The third kappa shape index (κ3) is 3.96. The minimum absolute atomic E-state index is 0.450. The molecule has 3 nitrogen and oxygen atoms in total. The molecule has 2 aliphatic rings. The molecular formula is C17H35N3. The van der Waals surface area contributed by atoms with Gasteiger partial charge in [-0.25, -0.2) is 0 Å². The van der Waals surface area contributed by atoms with Crippen LogP contribution in [0.15, 0.2) is 0 Å². The Morgan fingerprint density at radius 3 is 2.55 bits per heavy atom. The summed E-state index contributed by atoms with van der Waals surface area (Å²) in [5, 5.41) is 3.58. The van der Waals surface area contributed by atoms with E-state index in [4.69, 9.17) is 0 Å². The first-order valence-corrected chi connectivity index (χ1v) is 8.74. The minimum atomic E-state index is 0.450. The highest BCUT2D eigenvalue weighted by Gasteiger charge is 2.35. The summed E-state index contributed by atoms with van der Waals surface area (Å²) in [6.07, 6.45) is 4.13. The van der Waals surface area contributed by atoms with Gasteiger partial charge in [-0.15, -0.1) is 0 Å². The van der Waals surface area contributed by atoms with E-state index in [9.17, 15) is 0 Å². The number of piperidine rings is 1. The molecule has 2 aliphatic heterocycles. The number of hydrogen-bond acceptors (Lipinski definition) is 3. The van der Waals surface area contributed by atoms with Gasteiger partial charge in [0, 0.05) is 19.1 Å². The van der Waals surface area contributed by atoms with Crippen LogP contribution < -0.4 is 5.32 Å². The molecule has 3 heteroatoms. The van der Waals surface area contributed by atoms with Gasteiger partial charge in [0.25, 0.3) is 0 Å². The highest BCUT2D eigenvalue weighted by molar-refractivity contribution is 4.89. The van der Waals surface area contributed by atoms with E-state index in [1.54, 1.807) is 0 Å². The second-order valence-corrected chi connectivity index (χ2v) is 7.43.